The molecule has 0 aliphatic carbocycles. The van der Waals surface area contributed by atoms with Gasteiger partial charge in [-0.1, -0.05) is 60.7 Å². The first-order valence-electron chi connectivity index (χ1n) is 12.9. The number of amides is 2. The van der Waals surface area contributed by atoms with E-state index < -0.39 is 5.54 Å². The highest BCUT2D eigenvalue weighted by Gasteiger charge is 2.56. The molecule has 1 aromatic heterocycles. The second-order valence-corrected chi connectivity index (χ2v) is 10.1. The van der Waals surface area contributed by atoms with Crippen LogP contribution in [0.3, 0.4) is 0 Å². The highest BCUT2D eigenvalue weighted by atomic mass is 16.5. The van der Waals surface area contributed by atoms with Crippen LogP contribution in [-0.4, -0.2) is 60.5 Å². The quantitative estimate of drug-likeness (QED) is 0.417. The largest absolute Gasteiger partial charge is 0.493 e. The highest BCUT2D eigenvalue weighted by Crippen LogP contribution is 2.50. The van der Waals surface area contributed by atoms with Gasteiger partial charge in [-0.15, -0.1) is 0 Å². The number of carbonyl (C=O) groups is 2. The first-order chi connectivity index (χ1) is 18.5. The Morgan fingerprint density at radius 1 is 0.947 bits per heavy atom. The maximum Gasteiger partial charge on any atom is 0.254 e. The van der Waals surface area contributed by atoms with Crippen molar-refractivity contribution >= 4 is 22.7 Å². The van der Waals surface area contributed by atoms with Crippen LogP contribution in [-0.2, 0) is 21.5 Å². The average molecular weight is 510 g/mol. The number of nitrogens with one attached hydrogen (secondary N) is 1. The lowest BCUT2D eigenvalue weighted by Gasteiger charge is -2.51. The minimum absolute atomic E-state index is 0.0584. The maximum absolute atomic E-state index is 14.2. The van der Waals surface area contributed by atoms with E-state index in [1.54, 1.807) is 24.0 Å². The lowest BCUT2D eigenvalue weighted by molar-refractivity contribution is -0.166. The minimum atomic E-state index is -1.14. The van der Waals surface area contributed by atoms with Crippen molar-refractivity contribution in [3.8, 4) is 11.5 Å². The van der Waals surface area contributed by atoms with Crippen molar-refractivity contribution in [1.29, 1.82) is 0 Å². The predicted octanol–water partition coefficient (Wildman–Crippen LogP) is 4.46. The summed E-state index contributed by atoms with van der Waals surface area (Å²) in [4.78, 5) is 35.0. The number of H-pyrrole nitrogens is 1. The topological polar surface area (TPSA) is 74.9 Å². The maximum atomic E-state index is 14.2. The van der Waals surface area contributed by atoms with Crippen LogP contribution in [0.25, 0.3) is 10.9 Å². The van der Waals surface area contributed by atoms with E-state index in [1.807, 2.05) is 73.7 Å². The van der Waals surface area contributed by atoms with Crippen molar-refractivity contribution in [3.05, 3.63) is 95.2 Å². The SMILES string of the molecule is COc1cccc(C2CN3C(=O)CN(CCc4ccccc4)C(=O)C3(C)c3[nH]c4ccccc4c32)c1OC. The van der Waals surface area contributed by atoms with Gasteiger partial charge in [-0.3, -0.25) is 9.59 Å². The molecule has 1 fully saturated rings. The molecular weight excluding hydrogens is 478 g/mol. The van der Waals surface area contributed by atoms with Crippen molar-refractivity contribution in [2.24, 2.45) is 0 Å². The van der Waals surface area contributed by atoms with Crippen LogP contribution in [0, 0.1) is 0 Å². The fraction of sp³-hybridized carbons (Fsp3) is 0.290. The molecule has 2 aliphatic rings. The summed E-state index contributed by atoms with van der Waals surface area (Å²) in [6, 6.07) is 24.0. The number of aromatic amines is 1. The molecule has 0 saturated carbocycles. The molecular formula is C31H31N3O4. The molecule has 7 heteroatoms. The van der Waals surface area contributed by atoms with Gasteiger partial charge in [0.15, 0.2) is 17.0 Å². The van der Waals surface area contributed by atoms with Gasteiger partial charge in [0.2, 0.25) is 5.91 Å². The molecule has 7 nitrogen and oxygen atoms in total. The van der Waals surface area contributed by atoms with Gasteiger partial charge in [-0.05, 0) is 36.6 Å². The van der Waals surface area contributed by atoms with Gasteiger partial charge in [0.1, 0.15) is 0 Å². The Kier molecular flexibility index (Phi) is 5.86. The molecule has 0 spiro atoms. The molecule has 4 aromatic rings. The summed E-state index contributed by atoms with van der Waals surface area (Å²) in [6.07, 6.45) is 0.694. The highest BCUT2D eigenvalue weighted by molar-refractivity contribution is 6.01. The smallest absolute Gasteiger partial charge is 0.254 e. The van der Waals surface area contributed by atoms with Crippen molar-refractivity contribution < 1.29 is 19.1 Å². The molecule has 2 aliphatic heterocycles. The number of para-hydroxylation sites is 2. The molecule has 1 N–H and O–H groups in total. The predicted molar refractivity (Wildman–Crippen MR) is 145 cm³/mol. The summed E-state index contributed by atoms with van der Waals surface area (Å²) in [5.41, 5.74) is 3.66. The number of methoxy groups -OCH3 is 2. The van der Waals surface area contributed by atoms with Crippen molar-refractivity contribution in [2.45, 2.75) is 24.8 Å². The fourth-order valence-electron chi connectivity index (χ4n) is 6.23. The van der Waals surface area contributed by atoms with E-state index in [0.29, 0.717) is 31.0 Å². The zero-order valence-electron chi connectivity index (χ0n) is 21.9. The minimum Gasteiger partial charge on any atom is -0.493 e. The molecule has 1 saturated heterocycles. The van der Waals surface area contributed by atoms with Gasteiger partial charge >= 0.3 is 0 Å². The first-order valence-corrected chi connectivity index (χ1v) is 12.9. The lowest BCUT2D eigenvalue weighted by Crippen LogP contribution is -2.67. The third kappa shape index (κ3) is 3.56. The number of ether oxygens (including phenoxy) is 2. The lowest BCUT2D eigenvalue weighted by atomic mass is 9.76. The van der Waals surface area contributed by atoms with E-state index in [2.05, 4.69) is 11.1 Å². The van der Waals surface area contributed by atoms with Crippen LogP contribution in [0.4, 0.5) is 0 Å². The van der Waals surface area contributed by atoms with Crippen LogP contribution in [0.15, 0.2) is 72.8 Å². The molecule has 0 bridgehead atoms. The third-order valence-corrected chi connectivity index (χ3v) is 8.14. The molecule has 2 atom stereocenters. The van der Waals surface area contributed by atoms with Gasteiger partial charge in [-0.25, -0.2) is 0 Å². The molecule has 0 radical (unpaired) electrons. The van der Waals surface area contributed by atoms with Crippen molar-refractivity contribution in [1.82, 2.24) is 14.8 Å². The zero-order valence-corrected chi connectivity index (χ0v) is 21.9. The number of piperazine rings is 1. The van der Waals surface area contributed by atoms with Gasteiger partial charge in [0, 0.05) is 35.5 Å². The van der Waals surface area contributed by atoms with E-state index in [1.165, 1.54) is 0 Å². The van der Waals surface area contributed by atoms with Gasteiger partial charge in [0.25, 0.3) is 5.91 Å². The van der Waals surface area contributed by atoms with Crippen LogP contribution in [0.1, 0.15) is 35.2 Å². The summed E-state index contributed by atoms with van der Waals surface area (Å²) in [7, 11) is 3.25. The van der Waals surface area contributed by atoms with E-state index in [-0.39, 0.29) is 24.3 Å². The number of aromatic nitrogens is 1. The summed E-state index contributed by atoms with van der Waals surface area (Å²) in [6.45, 7) is 2.81. The van der Waals surface area contributed by atoms with E-state index in [4.69, 9.17) is 9.47 Å². The molecule has 3 aromatic carbocycles. The van der Waals surface area contributed by atoms with E-state index in [9.17, 15) is 9.59 Å². The molecule has 2 unspecified atom stereocenters. The molecule has 194 valence electrons. The van der Waals surface area contributed by atoms with Gasteiger partial charge < -0.3 is 24.3 Å². The average Bonchev–Trinajstić information content (AvgIpc) is 3.35. The summed E-state index contributed by atoms with van der Waals surface area (Å²) in [5, 5.41) is 1.04. The van der Waals surface area contributed by atoms with Crippen LogP contribution < -0.4 is 9.47 Å². The van der Waals surface area contributed by atoms with E-state index >= 15 is 0 Å². The fourth-order valence-corrected chi connectivity index (χ4v) is 6.23. The molecule has 3 heterocycles. The number of benzene rings is 3. The van der Waals surface area contributed by atoms with Gasteiger partial charge in [-0.2, -0.15) is 0 Å². The Morgan fingerprint density at radius 3 is 2.47 bits per heavy atom. The number of hydrogen-bond donors (Lipinski definition) is 1. The molecule has 2 amide bonds. The van der Waals surface area contributed by atoms with E-state index in [0.717, 1.165) is 33.3 Å². The Morgan fingerprint density at radius 2 is 1.71 bits per heavy atom. The normalized spacial score (nSPS) is 20.9. The number of carbonyl (C=O) groups excluding carboxylic acids is 2. The van der Waals surface area contributed by atoms with Gasteiger partial charge in [0.05, 0.1) is 26.5 Å². The second-order valence-electron chi connectivity index (χ2n) is 10.1. The summed E-state index contributed by atoms with van der Waals surface area (Å²) >= 11 is 0. The van der Waals surface area contributed by atoms with Crippen LogP contribution in [0.5, 0.6) is 11.5 Å². The van der Waals surface area contributed by atoms with Crippen LogP contribution >= 0.6 is 0 Å². The molecule has 38 heavy (non-hydrogen) atoms. The Hall–Kier alpha value is -4.26. The zero-order chi connectivity index (χ0) is 26.4. The number of rotatable bonds is 6. The number of nitrogens with zero attached hydrogens (tertiary/aromatic N) is 2. The van der Waals surface area contributed by atoms with Crippen LogP contribution in [0.2, 0.25) is 0 Å². The molecule has 6 rings (SSSR count). The first kappa shape index (κ1) is 24.1. The standard InChI is InChI=1S/C31H31N3O4/c1-31-29-27(22-12-7-8-14-24(22)32-29)23(21-13-9-15-25(37-2)28(21)38-3)18-34(31)26(35)19-33(30(31)36)17-16-20-10-5-4-6-11-20/h4-15,23,32H,16-19H2,1-3H3. The summed E-state index contributed by atoms with van der Waals surface area (Å²) in [5.74, 6) is 0.952. The second kappa shape index (κ2) is 9.24. The number of hydrogen-bond acceptors (Lipinski definition) is 4. The van der Waals surface area contributed by atoms with Crippen molar-refractivity contribution in [3.63, 3.8) is 0 Å². The Bertz CT molecular complexity index is 1530. The number of fused-ring (bicyclic) bond motifs is 5. The Balaban J connectivity index is 1.48. The summed E-state index contributed by atoms with van der Waals surface area (Å²) < 4.78 is 11.4. The third-order valence-electron chi connectivity index (χ3n) is 8.14. The Labute approximate surface area is 222 Å². The van der Waals surface area contributed by atoms with Crippen molar-refractivity contribution in [2.75, 3.05) is 33.9 Å². The monoisotopic (exact) mass is 509 g/mol.